The van der Waals surface area contributed by atoms with Crippen LogP contribution in [0, 0.1) is 11.6 Å². The van der Waals surface area contributed by atoms with Gasteiger partial charge in [-0.1, -0.05) is 22.0 Å². The van der Waals surface area contributed by atoms with Crippen LogP contribution < -0.4 is 11.1 Å². The van der Waals surface area contributed by atoms with Crippen molar-refractivity contribution in [3.05, 3.63) is 58.1 Å². The Morgan fingerprint density at radius 3 is 2.63 bits per heavy atom. The van der Waals surface area contributed by atoms with Crippen molar-refractivity contribution in [3.63, 3.8) is 0 Å². The lowest BCUT2D eigenvalue weighted by Crippen LogP contribution is -2.15. The number of carbonyl (C=O) groups excluding carboxylic acids is 1. The van der Waals surface area contributed by atoms with E-state index in [9.17, 15) is 13.6 Å². The number of carbonyl (C=O) groups is 1. The highest BCUT2D eigenvalue weighted by atomic mass is 79.9. The number of anilines is 2. The molecular formula is C13H9BrF2N2O. The highest BCUT2D eigenvalue weighted by molar-refractivity contribution is 9.10. The van der Waals surface area contributed by atoms with E-state index in [0.717, 1.165) is 6.07 Å². The first kappa shape index (κ1) is 13.5. The van der Waals surface area contributed by atoms with E-state index >= 15 is 0 Å². The summed E-state index contributed by atoms with van der Waals surface area (Å²) in [6.45, 7) is 0. The Morgan fingerprint density at radius 2 is 1.95 bits per heavy atom. The Hall–Kier alpha value is -1.95. The van der Waals surface area contributed by atoms with Crippen molar-refractivity contribution in [2.45, 2.75) is 0 Å². The molecule has 1 amide bonds. The minimum atomic E-state index is -1.18. The Morgan fingerprint density at radius 1 is 1.21 bits per heavy atom. The van der Waals surface area contributed by atoms with Crippen LogP contribution >= 0.6 is 15.9 Å². The topological polar surface area (TPSA) is 55.1 Å². The molecule has 0 unspecified atom stereocenters. The molecule has 0 aliphatic rings. The first-order valence-electron chi connectivity index (χ1n) is 5.29. The number of benzene rings is 2. The van der Waals surface area contributed by atoms with Crippen LogP contribution in [0.25, 0.3) is 0 Å². The molecule has 98 valence electrons. The van der Waals surface area contributed by atoms with E-state index in [4.69, 9.17) is 5.73 Å². The minimum Gasteiger partial charge on any atom is -0.397 e. The second-order valence-electron chi connectivity index (χ2n) is 3.79. The molecule has 0 saturated carbocycles. The van der Waals surface area contributed by atoms with Gasteiger partial charge in [-0.2, -0.15) is 0 Å². The third kappa shape index (κ3) is 2.90. The summed E-state index contributed by atoms with van der Waals surface area (Å²) >= 11 is 3.22. The number of amides is 1. The maximum atomic E-state index is 13.5. The van der Waals surface area contributed by atoms with Crippen LogP contribution in [0.1, 0.15) is 10.4 Å². The maximum absolute atomic E-state index is 13.5. The van der Waals surface area contributed by atoms with Crippen molar-refractivity contribution < 1.29 is 13.6 Å². The van der Waals surface area contributed by atoms with Gasteiger partial charge in [0, 0.05) is 10.0 Å². The van der Waals surface area contributed by atoms with E-state index in [1.165, 1.54) is 6.07 Å². The van der Waals surface area contributed by atoms with Crippen molar-refractivity contribution in [1.82, 2.24) is 0 Å². The van der Waals surface area contributed by atoms with Crippen molar-refractivity contribution in [1.29, 1.82) is 0 Å². The Labute approximate surface area is 116 Å². The van der Waals surface area contributed by atoms with Gasteiger partial charge in [-0.3, -0.25) is 4.79 Å². The average Bonchev–Trinajstić information content (AvgIpc) is 2.39. The van der Waals surface area contributed by atoms with E-state index in [1.54, 1.807) is 24.3 Å². The average molecular weight is 327 g/mol. The molecule has 0 spiro atoms. The van der Waals surface area contributed by atoms with Crippen molar-refractivity contribution in [2.75, 3.05) is 11.1 Å². The van der Waals surface area contributed by atoms with Crippen LogP contribution in [-0.2, 0) is 0 Å². The largest absolute Gasteiger partial charge is 0.397 e. The molecule has 3 N–H and O–H groups in total. The summed E-state index contributed by atoms with van der Waals surface area (Å²) in [4.78, 5) is 11.9. The number of rotatable bonds is 2. The molecule has 0 heterocycles. The van der Waals surface area contributed by atoms with E-state index in [0.29, 0.717) is 10.0 Å². The van der Waals surface area contributed by atoms with Crippen molar-refractivity contribution >= 4 is 33.2 Å². The SMILES string of the molecule is Nc1ccc(F)c(F)c1NC(=O)c1cccc(Br)c1. The summed E-state index contributed by atoms with van der Waals surface area (Å²) in [6, 6.07) is 8.60. The van der Waals surface area contributed by atoms with Gasteiger partial charge in [-0.25, -0.2) is 8.78 Å². The maximum Gasteiger partial charge on any atom is 0.255 e. The number of hydrogen-bond donors (Lipinski definition) is 2. The zero-order chi connectivity index (χ0) is 14.0. The second-order valence-corrected chi connectivity index (χ2v) is 4.71. The first-order chi connectivity index (χ1) is 8.99. The molecule has 0 bridgehead atoms. The van der Waals surface area contributed by atoms with E-state index in [-0.39, 0.29) is 11.4 Å². The predicted octanol–water partition coefficient (Wildman–Crippen LogP) is 3.56. The summed E-state index contributed by atoms with van der Waals surface area (Å²) in [6.07, 6.45) is 0. The van der Waals surface area contributed by atoms with Crippen LogP contribution in [-0.4, -0.2) is 5.91 Å². The molecule has 0 radical (unpaired) electrons. The smallest absolute Gasteiger partial charge is 0.255 e. The van der Waals surface area contributed by atoms with Crippen molar-refractivity contribution in [3.8, 4) is 0 Å². The fraction of sp³-hybridized carbons (Fsp3) is 0. The van der Waals surface area contributed by atoms with Crippen molar-refractivity contribution in [2.24, 2.45) is 0 Å². The van der Waals surface area contributed by atoms with E-state index in [1.807, 2.05) is 0 Å². The van der Waals surface area contributed by atoms with Gasteiger partial charge in [-0.15, -0.1) is 0 Å². The number of nitrogens with two attached hydrogens (primary N) is 1. The summed E-state index contributed by atoms with van der Waals surface area (Å²) in [5.74, 6) is -2.82. The number of nitrogen functional groups attached to an aromatic ring is 1. The summed E-state index contributed by atoms with van der Waals surface area (Å²) in [7, 11) is 0. The normalized spacial score (nSPS) is 10.3. The lowest BCUT2D eigenvalue weighted by molar-refractivity contribution is 0.102. The molecule has 2 rings (SSSR count). The molecule has 0 aromatic heterocycles. The third-order valence-electron chi connectivity index (χ3n) is 2.45. The Bertz CT molecular complexity index is 647. The molecule has 0 atom stereocenters. The van der Waals surface area contributed by atoms with Gasteiger partial charge in [0.25, 0.3) is 5.91 Å². The molecule has 0 saturated heterocycles. The van der Waals surface area contributed by atoms with Gasteiger partial charge in [0.05, 0.1) is 5.69 Å². The van der Waals surface area contributed by atoms with Gasteiger partial charge in [0.2, 0.25) is 0 Å². The van der Waals surface area contributed by atoms with E-state index in [2.05, 4.69) is 21.2 Å². The molecule has 2 aromatic rings. The summed E-state index contributed by atoms with van der Waals surface area (Å²) in [5, 5.41) is 2.26. The first-order valence-corrected chi connectivity index (χ1v) is 6.08. The van der Waals surface area contributed by atoms with Crippen LogP contribution in [0.4, 0.5) is 20.2 Å². The zero-order valence-electron chi connectivity index (χ0n) is 9.58. The second kappa shape index (κ2) is 5.36. The van der Waals surface area contributed by atoms with Gasteiger partial charge in [-0.05, 0) is 30.3 Å². The number of nitrogens with one attached hydrogen (secondary N) is 1. The third-order valence-corrected chi connectivity index (χ3v) is 2.95. The van der Waals surface area contributed by atoms with Crippen LogP contribution in [0.5, 0.6) is 0 Å². The van der Waals surface area contributed by atoms with Crippen LogP contribution in [0.2, 0.25) is 0 Å². The Kier molecular flexibility index (Phi) is 3.80. The molecule has 19 heavy (non-hydrogen) atoms. The highest BCUT2D eigenvalue weighted by Crippen LogP contribution is 2.25. The van der Waals surface area contributed by atoms with E-state index < -0.39 is 17.5 Å². The molecule has 0 aliphatic carbocycles. The highest BCUT2D eigenvalue weighted by Gasteiger charge is 2.15. The Balaban J connectivity index is 2.32. The number of halogens is 3. The van der Waals surface area contributed by atoms with Crippen LogP contribution in [0.15, 0.2) is 40.9 Å². The lowest BCUT2D eigenvalue weighted by Gasteiger charge is -2.10. The fourth-order valence-electron chi connectivity index (χ4n) is 1.51. The minimum absolute atomic E-state index is 0.0396. The lowest BCUT2D eigenvalue weighted by atomic mass is 10.2. The molecule has 2 aromatic carbocycles. The summed E-state index contributed by atoms with van der Waals surface area (Å²) in [5.41, 5.74) is 5.42. The van der Waals surface area contributed by atoms with Gasteiger partial charge >= 0.3 is 0 Å². The monoisotopic (exact) mass is 326 g/mol. The standard InChI is InChI=1S/C13H9BrF2N2O/c14-8-3-1-2-7(6-8)13(19)18-12-10(17)5-4-9(15)11(12)16/h1-6H,17H2,(H,18,19). The molecule has 0 fully saturated rings. The zero-order valence-corrected chi connectivity index (χ0v) is 11.2. The quantitative estimate of drug-likeness (QED) is 0.829. The predicted molar refractivity (Wildman–Crippen MR) is 72.9 cm³/mol. The fourth-order valence-corrected chi connectivity index (χ4v) is 1.91. The van der Waals surface area contributed by atoms with Gasteiger partial charge in [0.1, 0.15) is 5.69 Å². The molecule has 3 nitrogen and oxygen atoms in total. The molecule has 0 aliphatic heterocycles. The van der Waals surface area contributed by atoms with Crippen LogP contribution in [0.3, 0.4) is 0 Å². The number of hydrogen-bond acceptors (Lipinski definition) is 2. The molecule has 6 heteroatoms. The van der Waals surface area contributed by atoms with Gasteiger partial charge < -0.3 is 11.1 Å². The summed E-state index contributed by atoms with van der Waals surface area (Å²) < 4.78 is 27.3. The molecular weight excluding hydrogens is 318 g/mol. The van der Waals surface area contributed by atoms with Gasteiger partial charge in [0.15, 0.2) is 11.6 Å².